The van der Waals surface area contributed by atoms with Crippen molar-refractivity contribution in [2.75, 3.05) is 13.7 Å². The Kier molecular flexibility index (Phi) is 6.02. The molecule has 0 saturated heterocycles. The van der Waals surface area contributed by atoms with Gasteiger partial charge in [0.2, 0.25) is 5.91 Å². The standard InChI is InChI=1S/C21H20ClNO5/c1-12-14-8-16(22)19(27-2)10-18(14)28-21(26)15(12)9-20(25)23-11-17(24)13-6-4-3-5-7-13/h3-8,10,17,24H,9,11H2,1-2H3,(H,23,25)/t17-/m1/s1. The number of aliphatic hydroxyl groups is 1. The lowest BCUT2D eigenvalue weighted by atomic mass is 10.0. The van der Waals surface area contributed by atoms with Crippen LogP contribution in [0.5, 0.6) is 5.75 Å². The van der Waals surface area contributed by atoms with Crippen molar-refractivity contribution in [2.24, 2.45) is 0 Å². The molecule has 1 amide bonds. The van der Waals surface area contributed by atoms with Crippen LogP contribution in [-0.2, 0) is 11.2 Å². The highest BCUT2D eigenvalue weighted by atomic mass is 35.5. The summed E-state index contributed by atoms with van der Waals surface area (Å²) in [7, 11) is 1.47. The van der Waals surface area contributed by atoms with Gasteiger partial charge in [0.05, 0.1) is 30.2 Å². The highest BCUT2D eigenvalue weighted by Crippen LogP contribution is 2.31. The Labute approximate surface area is 166 Å². The van der Waals surface area contributed by atoms with Crippen molar-refractivity contribution in [2.45, 2.75) is 19.4 Å². The molecule has 2 N–H and O–H groups in total. The van der Waals surface area contributed by atoms with Crippen LogP contribution in [0.3, 0.4) is 0 Å². The smallest absolute Gasteiger partial charge is 0.340 e. The van der Waals surface area contributed by atoms with E-state index in [0.717, 1.165) is 0 Å². The second-order valence-electron chi connectivity index (χ2n) is 6.38. The van der Waals surface area contributed by atoms with E-state index < -0.39 is 11.7 Å². The minimum absolute atomic E-state index is 0.0455. The van der Waals surface area contributed by atoms with E-state index in [9.17, 15) is 14.7 Å². The summed E-state index contributed by atoms with van der Waals surface area (Å²) < 4.78 is 10.5. The SMILES string of the molecule is COc1cc2oc(=O)c(CC(=O)NC[C@@H](O)c3ccccc3)c(C)c2cc1Cl. The van der Waals surface area contributed by atoms with E-state index >= 15 is 0 Å². The van der Waals surface area contributed by atoms with Crippen molar-refractivity contribution >= 4 is 28.5 Å². The average Bonchev–Trinajstić information content (AvgIpc) is 2.70. The lowest BCUT2D eigenvalue weighted by molar-refractivity contribution is -0.120. The highest BCUT2D eigenvalue weighted by molar-refractivity contribution is 6.32. The van der Waals surface area contributed by atoms with Crippen molar-refractivity contribution in [3.63, 3.8) is 0 Å². The molecule has 3 rings (SSSR count). The zero-order chi connectivity index (χ0) is 20.3. The van der Waals surface area contributed by atoms with E-state index in [-0.39, 0.29) is 24.4 Å². The number of rotatable bonds is 6. The van der Waals surface area contributed by atoms with Gasteiger partial charge in [0.1, 0.15) is 11.3 Å². The molecule has 0 spiro atoms. The first-order valence-corrected chi connectivity index (χ1v) is 9.08. The number of methoxy groups -OCH3 is 1. The minimum atomic E-state index is -0.828. The van der Waals surface area contributed by atoms with Crippen LogP contribution >= 0.6 is 11.6 Å². The van der Waals surface area contributed by atoms with Crippen LogP contribution < -0.4 is 15.7 Å². The van der Waals surface area contributed by atoms with E-state index in [2.05, 4.69) is 5.32 Å². The Hall–Kier alpha value is -2.83. The fraction of sp³-hybridized carbons (Fsp3) is 0.238. The first-order valence-electron chi connectivity index (χ1n) is 8.70. The summed E-state index contributed by atoms with van der Waals surface area (Å²) in [5.74, 6) is 0.0152. The van der Waals surface area contributed by atoms with Crippen LogP contribution in [0, 0.1) is 6.92 Å². The number of hydrogen-bond donors (Lipinski definition) is 2. The van der Waals surface area contributed by atoms with Gasteiger partial charge in [-0.25, -0.2) is 4.79 Å². The Morgan fingerprint density at radius 1 is 1.29 bits per heavy atom. The van der Waals surface area contributed by atoms with Crippen LogP contribution in [0.1, 0.15) is 22.8 Å². The van der Waals surface area contributed by atoms with Crippen LogP contribution in [-0.4, -0.2) is 24.7 Å². The predicted octanol–water partition coefficient (Wildman–Crippen LogP) is 3.16. The van der Waals surface area contributed by atoms with Gasteiger partial charge in [0.25, 0.3) is 0 Å². The summed E-state index contributed by atoms with van der Waals surface area (Å²) in [5.41, 5.74) is 1.32. The lowest BCUT2D eigenvalue weighted by Crippen LogP contribution is -2.31. The largest absolute Gasteiger partial charge is 0.495 e. The molecule has 0 aliphatic rings. The lowest BCUT2D eigenvalue weighted by Gasteiger charge is -2.13. The van der Waals surface area contributed by atoms with E-state index in [1.807, 2.05) is 18.2 Å². The second-order valence-corrected chi connectivity index (χ2v) is 6.79. The van der Waals surface area contributed by atoms with Crippen LogP contribution in [0.25, 0.3) is 11.0 Å². The van der Waals surface area contributed by atoms with E-state index in [4.69, 9.17) is 20.8 Å². The minimum Gasteiger partial charge on any atom is -0.495 e. The molecule has 1 atom stereocenters. The molecule has 146 valence electrons. The second kappa shape index (κ2) is 8.46. The number of hydrogen-bond acceptors (Lipinski definition) is 5. The topological polar surface area (TPSA) is 88.8 Å². The number of carbonyl (C=O) groups excluding carboxylic acids is 1. The zero-order valence-electron chi connectivity index (χ0n) is 15.5. The third-order valence-electron chi connectivity index (χ3n) is 4.57. The fourth-order valence-corrected chi connectivity index (χ4v) is 3.22. The van der Waals surface area contributed by atoms with Gasteiger partial charge in [-0.15, -0.1) is 0 Å². The molecular formula is C21H20ClNO5. The summed E-state index contributed by atoms with van der Waals surface area (Å²) in [6.07, 6.45) is -0.986. The fourth-order valence-electron chi connectivity index (χ4n) is 2.98. The number of fused-ring (bicyclic) bond motifs is 1. The summed E-state index contributed by atoms with van der Waals surface area (Å²) >= 11 is 6.16. The van der Waals surface area contributed by atoms with Gasteiger partial charge in [0, 0.05) is 18.0 Å². The predicted molar refractivity (Wildman–Crippen MR) is 107 cm³/mol. The number of aliphatic hydroxyl groups excluding tert-OH is 1. The van der Waals surface area contributed by atoms with Crippen LogP contribution in [0.2, 0.25) is 5.02 Å². The van der Waals surface area contributed by atoms with Gasteiger partial charge in [-0.1, -0.05) is 41.9 Å². The average molecular weight is 402 g/mol. The third kappa shape index (κ3) is 4.18. The maximum absolute atomic E-state index is 12.4. The molecule has 3 aromatic rings. The Morgan fingerprint density at radius 3 is 2.68 bits per heavy atom. The Bertz CT molecular complexity index is 1060. The molecule has 0 aliphatic carbocycles. The molecular weight excluding hydrogens is 382 g/mol. The summed E-state index contributed by atoms with van der Waals surface area (Å²) in [4.78, 5) is 24.7. The van der Waals surface area contributed by atoms with Crippen molar-refractivity contribution in [3.8, 4) is 5.75 Å². The summed E-state index contributed by atoms with van der Waals surface area (Å²) in [5, 5.41) is 13.8. The van der Waals surface area contributed by atoms with Gasteiger partial charge in [-0.05, 0) is 24.1 Å². The molecule has 6 nitrogen and oxygen atoms in total. The first kappa shape index (κ1) is 19.9. The quantitative estimate of drug-likeness (QED) is 0.619. The number of aryl methyl sites for hydroxylation is 1. The van der Waals surface area contributed by atoms with Crippen molar-refractivity contribution in [1.29, 1.82) is 0 Å². The monoisotopic (exact) mass is 401 g/mol. The van der Waals surface area contributed by atoms with E-state index in [1.54, 1.807) is 31.2 Å². The van der Waals surface area contributed by atoms with Crippen LogP contribution in [0.15, 0.2) is 51.7 Å². The molecule has 0 fully saturated rings. The third-order valence-corrected chi connectivity index (χ3v) is 4.87. The number of nitrogens with one attached hydrogen (secondary N) is 1. The van der Waals surface area contributed by atoms with E-state index in [0.29, 0.717) is 32.9 Å². The Morgan fingerprint density at radius 2 is 2.00 bits per heavy atom. The maximum Gasteiger partial charge on any atom is 0.340 e. The van der Waals surface area contributed by atoms with Gasteiger partial charge < -0.3 is 19.6 Å². The number of amides is 1. The molecule has 2 aromatic carbocycles. The summed E-state index contributed by atoms with van der Waals surface area (Å²) in [6, 6.07) is 12.2. The molecule has 28 heavy (non-hydrogen) atoms. The molecule has 1 heterocycles. The number of ether oxygens (including phenoxy) is 1. The first-order chi connectivity index (χ1) is 13.4. The molecule has 0 radical (unpaired) electrons. The molecule has 0 saturated carbocycles. The van der Waals surface area contributed by atoms with Crippen molar-refractivity contribution in [3.05, 3.63) is 74.6 Å². The van der Waals surface area contributed by atoms with Crippen molar-refractivity contribution < 1.29 is 19.1 Å². The van der Waals surface area contributed by atoms with Gasteiger partial charge in [-0.2, -0.15) is 0 Å². The molecule has 0 bridgehead atoms. The van der Waals surface area contributed by atoms with E-state index in [1.165, 1.54) is 7.11 Å². The Balaban J connectivity index is 1.78. The maximum atomic E-state index is 12.4. The zero-order valence-corrected chi connectivity index (χ0v) is 16.2. The highest BCUT2D eigenvalue weighted by Gasteiger charge is 2.17. The molecule has 0 aliphatic heterocycles. The van der Waals surface area contributed by atoms with Crippen molar-refractivity contribution in [1.82, 2.24) is 5.32 Å². The molecule has 0 unspecified atom stereocenters. The summed E-state index contributed by atoms with van der Waals surface area (Å²) in [6.45, 7) is 1.79. The van der Waals surface area contributed by atoms with Crippen LogP contribution in [0.4, 0.5) is 0 Å². The normalized spacial score (nSPS) is 12.0. The number of benzene rings is 2. The number of carbonyl (C=O) groups is 1. The molecule has 1 aromatic heterocycles. The van der Waals surface area contributed by atoms with Gasteiger partial charge >= 0.3 is 5.63 Å². The van der Waals surface area contributed by atoms with Gasteiger partial charge in [0.15, 0.2) is 0 Å². The van der Waals surface area contributed by atoms with Gasteiger partial charge in [-0.3, -0.25) is 4.79 Å². The number of halogens is 1. The molecule has 7 heteroatoms.